The van der Waals surface area contributed by atoms with Crippen LogP contribution in [0.25, 0.3) is 0 Å². The summed E-state index contributed by atoms with van der Waals surface area (Å²) in [5, 5.41) is 10.0. The molecule has 0 aromatic rings. The van der Waals surface area contributed by atoms with Crippen LogP contribution in [0.1, 0.15) is 59.8 Å². The Hall–Kier alpha value is -0.160. The van der Waals surface area contributed by atoms with Gasteiger partial charge in [0.25, 0.3) is 0 Å². The summed E-state index contributed by atoms with van der Waals surface area (Å²) < 4.78 is 6.11. The number of ether oxygens (including phenoxy) is 1. The maximum Gasteiger partial charge on any atom is 0.0644 e. The van der Waals surface area contributed by atoms with Gasteiger partial charge >= 0.3 is 0 Å². The Kier molecular flexibility index (Phi) is 6.69. The maximum absolute atomic E-state index is 10.0. The molecule has 0 amide bonds. The molecule has 1 unspecified atom stereocenters. The van der Waals surface area contributed by atoms with Crippen LogP contribution in [-0.2, 0) is 4.74 Å². The average Bonchev–Trinajstić information content (AvgIpc) is 2.47. The summed E-state index contributed by atoms with van der Waals surface area (Å²) in [5.74, 6) is 0. The minimum atomic E-state index is -0.447. The van der Waals surface area contributed by atoms with Gasteiger partial charge in [0.15, 0.2) is 0 Å². The lowest BCUT2D eigenvalue weighted by molar-refractivity contribution is -0.0283. The molecule has 1 atom stereocenters. The lowest BCUT2D eigenvalue weighted by Gasteiger charge is -2.39. The maximum atomic E-state index is 10.0. The van der Waals surface area contributed by atoms with Crippen molar-refractivity contribution in [3.8, 4) is 0 Å². The van der Waals surface area contributed by atoms with E-state index in [1.807, 2.05) is 6.92 Å². The van der Waals surface area contributed by atoms with Crippen molar-refractivity contribution in [3.63, 3.8) is 0 Å². The van der Waals surface area contributed by atoms with Gasteiger partial charge in [0, 0.05) is 44.9 Å². The van der Waals surface area contributed by atoms with E-state index in [4.69, 9.17) is 4.74 Å². The molecule has 0 saturated carbocycles. The van der Waals surface area contributed by atoms with E-state index in [9.17, 15) is 5.11 Å². The van der Waals surface area contributed by atoms with Crippen molar-refractivity contribution in [2.75, 3.05) is 32.8 Å². The first-order valence-corrected chi connectivity index (χ1v) is 9.19. The monoisotopic (exact) mass is 312 g/mol. The van der Waals surface area contributed by atoms with Crippen molar-refractivity contribution >= 4 is 0 Å². The summed E-state index contributed by atoms with van der Waals surface area (Å²) in [6.45, 7) is 14.1. The summed E-state index contributed by atoms with van der Waals surface area (Å²) >= 11 is 0. The minimum Gasteiger partial charge on any atom is -0.390 e. The van der Waals surface area contributed by atoms with E-state index in [0.29, 0.717) is 18.2 Å². The fourth-order valence-corrected chi connectivity index (χ4v) is 3.59. The third-order valence-corrected chi connectivity index (χ3v) is 5.59. The van der Waals surface area contributed by atoms with Gasteiger partial charge in [-0.25, -0.2) is 0 Å². The molecule has 0 spiro atoms. The number of hydrogen-bond donors (Lipinski definition) is 1. The second-order valence-corrected chi connectivity index (χ2v) is 7.87. The normalized spacial score (nSPS) is 26.5. The van der Waals surface area contributed by atoms with Crippen LogP contribution in [0, 0.1) is 0 Å². The molecular weight excluding hydrogens is 276 g/mol. The molecule has 0 radical (unpaired) electrons. The molecule has 2 aliphatic rings. The van der Waals surface area contributed by atoms with Gasteiger partial charge in [-0.15, -0.1) is 0 Å². The highest BCUT2D eigenvalue weighted by molar-refractivity contribution is 4.84. The van der Waals surface area contributed by atoms with Crippen LogP contribution < -0.4 is 0 Å². The van der Waals surface area contributed by atoms with Crippen molar-refractivity contribution in [1.29, 1.82) is 0 Å². The zero-order valence-corrected chi connectivity index (χ0v) is 15.1. The number of nitrogens with zero attached hydrogens (tertiary/aromatic N) is 2. The Labute approximate surface area is 136 Å². The van der Waals surface area contributed by atoms with Gasteiger partial charge in [0.1, 0.15) is 0 Å². The van der Waals surface area contributed by atoms with E-state index in [0.717, 1.165) is 39.0 Å². The van der Waals surface area contributed by atoms with Gasteiger partial charge in [0.05, 0.1) is 11.7 Å². The average molecular weight is 312 g/mol. The first-order valence-electron chi connectivity index (χ1n) is 9.19. The smallest absolute Gasteiger partial charge is 0.0644 e. The first-order chi connectivity index (χ1) is 10.4. The molecule has 2 fully saturated rings. The second kappa shape index (κ2) is 8.09. The van der Waals surface area contributed by atoms with Gasteiger partial charge in [-0.2, -0.15) is 0 Å². The van der Waals surface area contributed by atoms with Crippen molar-refractivity contribution in [2.45, 2.75) is 83.6 Å². The van der Waals surface area contributed by atoms with Crippen LogP contribution in [0.5, 0.6) is 0 Å². The van der Waals surface area contributed by atoms with Crippen LogP contribution in [0.3, 0.4) is 0 Å². The van der Waals surface area contributed by atoms with E-state index in [1.165, 1.54) is 25.9 Å². The van der Waals surface area contributed by atoms with Crippen molar-refractivity contribution in [3.05, 3.63) is 0 Å². The van der Waals surface area contributed by atoms with Crippen LogP contribution in [0.2, 0.25) is 0 Å². The fraction of sp³-hybridized carbons (Fsp3) is 1.00. The second-order valence-electron chi connectivity index (χ2n) is 7.87. The first kappa shape index (κ1) is 18.2. The minimum absolute atomic E-state index is 0.447. The van der Waals surface area contributed by atoms with Gasteiger partial charge in [-0.3, -0.25) is 0 Å². The molecule has 4 nitrogen and oxygen atoms in total. The molecule has 22 heavy (non-hydrogen) atoms. The quantitative estimate of drug-likeness (QED) is 0.817. The van der Waals surface area contributed by atoms with Crippen molar-refractivity contribution in [1.82, 2.24) is 9.80 Å². The number of rotatable bonds is 6. The number of aliphatic hydroxyl groups is 1. The third kappa shape index (κ3) is 5.48. The molecule has 2 rings (SSSR count). The molecule has 0 aromatic carbocycles. The van der Waals surface area contributed by atoms with Gasteiger partial charge in [-0.1, -0.05) is 0 Å². The van der Waals surface area contributed by atoms with Gasteiger partial charge in [-0.05, 0) is 59.8 Å². The zero-order valence-electron chi connectivity index (χ0n) is 15.1. The Morgan fingerprint density at radius 3 is 2.18 bits per heavy atom. The van der Waals surface area contributed by atoms with Crippen LogP contribution in [0.4, 0.5) is 0 Å². The molecule has 2 aliphatic heterocycles. The molecule has 4 heteroatoms. The van der Waals surface area contributed by atoms with E-state index in [2.05, 4.69) is 30.6 Å². The lowest BCUT2D eigenvalue weighted by Crippen LogP contribution is -2.46. The van der Waals surface area contributed by atoms with E-state index < -0.39 is 5.60 Å². The molecule has 2 heterocycles. The summed E-state index contributed by atoms with van der Waals surface area (Å²) in [5.41, 5.74) is -0.447. The van der Waals surface area contributed by atoms with Crippen molar-refractivity contribution < 1.29 is 9.84 Å². The predicted molar refractivity (Wildman–Crippen MR) is 91.2 cm³/mol. The number of hydrogen-bond acceptors (Lipinski definition) is 4. The number of likely N-dealkylation sites (tertiary alicyclic amines) is 2. The van der Waals surface area contributed by atoms with E-state index >= 15 is 0 Å². The third-order valence-electron chi connectivity index (χ3n) is 5.59. The van der Waals surface area contributed by atoms with E-state index in [1.54, 1.807) is 0 Å². The highest BCUT2D eigenvalue weighted by Crippen LogP contribution is 2.23. The Morgan fingerprint density at radius 1 is 1.05 bits per heavy atom. The largest absolute Gasteiger partial charge is 0.390 e. The highest BCUT2D eigenvalue weighted by atomic mass is 16.5. The lowest BCUT2D eigenvalue weighted by atomic mass is 9.93. The van der Waals surface area contributed by atoms with E-state index in [-0.39, 0.29) is 0 Å². The topological polar surface area (TPSA) is 35.9 Å². The summed E-state index contributed by atoms with van der Waals surface area (Å²) in [4.78, 5) is 5.05. The summed E-state index contributed by atoms with van der Waals surface area (Å²) in [7, 11) is 0. The summed E-state index contributed by atoms with van der Waals surface area (Å²) in [6.07, 6.45) is 5.71. The number of piperidine rings is 2. The van der Waals surface area contributed by atoms with Gasteiger partial charge < -0.3 is 19.6 Å². The Balaban J connectivity index is 1.59. The van der Waals surface area contributed by atoms with Gasteiger partial charge in [0.2, 0.25) is 0 Å². The van der Waals surface area contributed by atoms with Crippen LogP contribution in [-0.4, -0.2) is 71.5 Å². The molecule has 2 saturated heterocycles. The molecule has 0 aromatic heterocycles. The summed E-state index contributed by atoms with van der Waals surface area (Å²) in [6, 6.07) is 1.23. The molecular formula is C18H36N2O2. The van der Waals surface area contributed by atoms with Crippen LogP contribution in [0.15, 0.2) is 0 Å². The van der Waals surface area contributed by atoms with Crippen molar-refractivity contribution in [2.24, 2.45) is 0 Å². The Bertz CT molecular complexity index is 315. The molecule has 0 bridgehead atoms. The standard InChI is InChI=1S/C18H36N2O2/c1-15(2)19-10-5-17(6-11-19)22-14-7-16(3)20-12-8-18(4,21)9-13-20/h15-17,21H,5-14H2,1-4H3. The molecule has 130 valence electrons. The predicted octanol–water partition coefficient (Wildman–Crippen LogP) is 2.50. The highest BCUT2D eigenvalue weighted by Gasteiger charge is 2.29. The molecule has 1 N–H and O–H groups in total. The SMILES string of the molecule is CC(C)N1CCC(OCCC(C)N2CCC(C)(O)CC2)CC1. The fourth-order valence-electron chi connectivity index (χ4n) is 3.59. The zero-order chi connectivity index (χ0) is 16.2. The van der Waals surface area contributed by atoms with Crippen LogP contribution >= 0.6 is 0 Å². The Morgan fingerprint density at radius 2 is 1.64 bits per heavy atom. The molecule has 0 aliphatic carbocycles.